The van der Waals surface area contributed by atoms with E-state index in [4.69, 9.17) is 10.5 Å². The Kier molecular flexibility index (Phi) is 5.15. The topological polar surface area (TPSA) is 77.2 Å². The van der Waals surface area contributed by atoms with Crippen LogP contribution in [-0.2, 0) is 11.3 Å². The number of carbonyl (C=O) groups is 1. The van der Waals surface area contributed by atoms with E-state index in [0.29, 0.717) is 24.6 Å². The largest absolute Gasteiger partial charge is 0.491 e. The molecule has 0 radical (unpaired) electrons. The minimum atomic E-state index is -0.0761. The van der Waals surface area contributed by atoms with Gasteiger partial charge in [0.1, 0.15) is 5.75 Å². The smallest absolute Gasteiger partial charge is 0.223 e. The summed E-state index contributed by atoms with van der Waals surface area (Å²) in [6, 6.07) is 12.9. The van der Waals surface area contributed by atoms with E-state index in [9.17, 15) is 4.79 Å². The predicted octanol–water partition coefficient (Wildman–Crippen LogP) is 2.06. The highest BCUT2D eigenvalue weighted by Crippen LogP contribution is 2.19. The number of rotatable bonds is 6. The van der Waals surface area contributed by atoms with E-state index >= 15 is 0 Å². The molecule has 1 aromatic carbocycles. The molecule has 110 valence electrons. The van der Waals surface area contributed by atoms with Crippen LogP contribution in [0.1, 0.15) is 17.8 Å². The maximum atomic E-state index is 11.7. The molecule has 3 N–H and O–H groups in total. The van der Waals surface area contributed by atoms with Crippen molar-refractivity contribution >= 4 is 11.6 Å². The molecular formula is C16H19N3O2. The van der Waals surface area contributed by atoms with Crippen LogP contribution < -0.4 is 15.8 Å². The Morgan fingerprint density at radius 1 is 1.24 bits per heavy atom. The number of nitrogens with one attached hydrogen (secondary N) is 1. The molecule has 2 rings (SSSR count). The monoisotopic (exact) mass is 285 g/mol. The zero-order valence-corrected chi connectivity index (χ0v) is 12.0. The molecule has 5 heteroatoms. The molecule has 0 aliphatic heterocycles. The third-order valence-electron chi connectivity index (χ3n) is 2.92. The third-order valence-corrected chi connectivity index (χ3v) is 2.92. The van der Waals surface area contributed by atoms with Crippen molar-refractivity contribution in [1.29, 1.82) is 0 Å². The average Bonchev–Trinajstić information content (AvgIpc) is 2.47. The van der Waals surface area contributed by atoms with Crippen molar-refractivity contribution in [2.75, 3.05) is 12.3 Å². The second kappa shape index (κ2) is 7.28. The van der Waals surface area contributed by atoms with E-state index in [2.05, 4.69) is 10.3 Å². The summed E-state index contributed by atoms with van der Waals surface area (Å²) in [7, 11) is 0. The number of aryl methyl sites for hydroxylation is 1. The number of carbonyl (C=O) groups excluding carboxylic acids is 1. The molecule has 1 amide bonds. The third kappa shape index (κ3) is 4.80. The summed E-state index contributed by atoms with van der Waals surface area (Å²) in [6.07, 6.45) is 0.278. The van der Waals surface area contributed by atoms with Crippen molar-refractivity contribution < 1.29 is 9.53 Å². The number of nitrogen functional groups attached to an aromatic ring is 1. The van der Waals surface area contributed by atoms with E-state index in [1.165, 1.54) is 0 Å². The number of amides is 1. The molecule has 0 unspecified atom stereocenters. The van der Waals surface area contributed by atoms with Crippen LogP contribution in [0.3, 0.4) is 0 Å². The Morgan fingerprint density at radius 3 is 2.81 bits per heavy atom. The first-order valence-electron chi connectivity index (χ1n) is 6.81. The van der Waals surface area contributed by atoms with Crippen molar-refractivity contribution in [2.45, 2.75) is 19.9 Å². The molecule has 1 heterocycles. The highest BCUT2D eigenvalue weighted by molar-refractivity contribution is 5.75. The molecule has 0 saturated carbocycles. The molecule has 0 aliphatic carbocycles. The van der Waals surface area contributed by atoms with Gasteiger partial charge in [0.2, 0.25) is 5.91 Å². The number of nitrogens with zero attached hydrogens (tertiary/aromatic N) is 1. The highest BCUT2D eigenvalue weighted by Gasteiger charge is 2.04. The second-order valence-electron chi connectivity index (χ2n) is 4.68. The number of benzene rings is 1. The van der Waals surface area contributed by atoms with E-state index in [1.807, 2.05) is 37.3 Å². The fourth-order valence-electron chi connectivity index (χ4n) is 1.84. The molecule has 0 saturated heterocycles. The Bertz CT molecular complexity index is 614. The number of aromatic nitrogens is 1. The molecule has 5 nitrogen and oxygen atoms in total. The van der Waals surface area contributed by atoms with Crippen LogP contribution in [0.4, 0.5) is 5.69 Å². The Hall–Kier alpha value is -2.56. The van der Waals surface area contributed by atoms with Gasteiger partial charge in [-0.05, 0) is 31.2 Å². The van der Waals surface area contributed by atoms with Crippen LogP contribution in [0.25, 0.3) is 0 Å². The zero-order valence-electron chi connectivity index (χ0n) is 12.0. The number of ether oxygens (including phenoxy) is 1. The number of para-hydroxylation sites is 2. The molecule has 2 aromatic rings. The van der Waals surface area contributed by atoms with Gasteiger partial charge >= 0.3 is 0 Å². The van der Waals surface area contributed by atoms with Gasteiger partial charge in [-0.15, -0.1) is 0 Å². The molecule has 0 bridgehead atoms. The summed E-state index contributed by atoms with van der Waals surface area (Å²) in [4.78, 5) is 16.0. The van der Waals surface area contributed by atoms with E-state index in [0.717, 1.165) is 11.4 Å². The second-order valence-corrected chi connectivity index (χ2v) is 4.68. The van der Waals surface area contributed by atoms with Crippen LogP contribution in [0.15, 0.2) is 42.5 Å². The quantitative estimate of drug-likeness (QED) is 0.796. The first-order valence-corrected chi connectivity index (χ1v) is 6.81. The van der Waals surface area contributed by atoms with E-state index < -0.39 is 0 Å². The number of hydrogen-bond donors (Lipinski definition) is 2. The number of hydrogen-bond acceptors (Lipinski definition) is 4. The van der Waals surface area contributed by atoms with Gasteiger partial charge in [-0.1, -0.05) is 18.2 Å². The van der Waals surface area contributed by atoms with Gasteiger partial charge in [0, 0.05) is 5.69 Å². The lowest BCUT2D eigenvalue weighted by atomic mass is 10.3. The van der Waals surface area contributed by atoms with Crippen LogP contribution >= 0.6 is 0 Å². The van der Waals surface area contributed by atoms with Crippen molar-refractivity contribution in [1.82, 2.24) is 10.3 Å². The van der Waals surface area contributed by atoms with Crippen LogP contribution in [-0.4, -0.2) is 17.5 Å². The Labute approximate surface area is 124 Å². The first kappa shape index (κ1) is 14.8. The minimum Gasteiger partial charge on any atom is -0.491 e. The average molecular weight is 285 g/mol. The lowest BCUT2D eigenvalue weighted by Gasteiger charge is -2.09. The zero-order chi connectivity index (χ0) is 15.1. The van der Waals surface area contributed by atoms with Gasteiger partial charge in [0.25, 0.3) is 0 Å². The Balaban J connectivity index is 1.72. The number of nitrogens with two attached hydrogens (primary N) is 1. The first-order chi connectivity index (χ1) is 10.1. The predicted molar refractivity (Wildman–Crippen MR) is 81.8 cm³/mol. The van der Waals surface area contributed by atoms with E-state index in [1.54, 1.807) is 12.1 Å². The molecule has 0 spiro atoms. The molecule has 0 atom stereocenters. The van der Waals surface area contributed by atoms with Gasteiger partial charge in [0.15, 0.2) is 0 Å². The van der Waals surface area contributed by atoms with Crippen LogP contribution in [0, 0.1) is 6.92 Å². The molecule has 0 fully saturated rings. The van der Waals surface area contributed by atoms with Crippen molar-refractivity contribution in [3.63, 3.8) is 0 Å². The summed E-state index contributed by atoms with van der Waals surface area (Å²) in [5, 5.41) is 2.81. The standard InChI is InChI=1S/C16H19N3O2/c1-12-5-4-6-13(19-12)11-18-16(20)9-10-21-15-8-3-2-7-14(15)17/h2-8H,9-11,17H2,1H3,(H,18,20). The lowest BCUT2D eigenvalue weighted by Crippen LogP contribution is -2.25. The van der Waals surface area contributed by atoms with Gasteiger partial charge in [0.05, 0.1) is 31.0 Å². The fourth-order valence-corrected chi connectivity index (χ4v) is 1.84. The van der Waals surface area contributed by atoms with Crippen molar-refractivity contribution in [3.8, 4) is 5.75 Å². The van der Waals surface area contributed by atoms with Crippen LogP contribution in [0.5, 0.6) is 5.75 Å². The minimum absolute atomic E-state index is 0.0761. The molecule has 1 aromatic heterocycles. The molecule has 0 aliphatic rings. The molecular weight excluding hydrogens is 266 g/mol. The van der Waals surface area contributed by atoms with Gasteiger partial charge in [-0.25, -0.2) is 0 Å². The SMILES string of the molecule is Cc1cccc(CNC(=O)CCOc2ccccc2N)n1. The number of anilines is 1. The van der Waals surface area contributed by atoms with Gasteiger partial charge in [-0.2, -0.15) is 0 Å². The normalized spacial score (nSPS) is 10.1. The van der Waals surface area contributed by atoms with E-state index in [-0.39, 0.29) is 12.3 Å². The Morgan fingerprint density at radius 2 is 2.05 bits per heavy atom. The maximum absolute atomic E-state index is 11.7. The summed E-state index contributed by atoms with van der Waals surface area (Å²) >= 11 is 0. The van der Waals surface area contributed by atoms with Gasteiger partial charge < -0.3 is 15.8 Å². The van der Waals surface area contributed by atoms with Gasteiger partial charge in [-0.3, -0.25) is 9.78 Å². The maximum Gasteiger partial charge on any atom is 0.223 e. The summed E-state index contributed by atoms with van der Waals surface area (Å²) in [5.74, 6) is 0.526. The lowest BCUT2D eigenvalue weighted by molar-refractivity contribution is -0.121. The molecule has 21 heavy (non-hydrogen) atoms. The van der Waals surface area contributed by atoms with Crippen molar-refractivity contribution in [3.05, 3.63) is 53.9 Å². The summed E-state index contributed by atoms with van der Waals surface area (Å²) < 4.78 is 5.48. The van der Waals surface area contributed by atoms with Crippen molar-refractivity contribution in [2.24, 2.45) is 0 Å². The fraction of sp³-hybridized carbons (Fsp3) is 0.250. The van der Waals surface area contributed by atoms with Crippen LogP contribution in [0.2, 0.25) is 0 Å². The highest BCUT2D eigenvalue weighted by atomic mass is 16.5. The summed E-state index contributed by atoms with van der Waals surface area (Å²) in [5.41, 5.74) is 8.10. The number of pyridine rings is 1. The summed E-state index contributed by atoms with van der Waals surface area (Å²) in [6.45, 7) is 2.64.